The van der Waals surface area contributed by atoms with Gasteiger partial charge in [0, 0.05) is 24.7 Å². The van der Waals surface area contributed by atoms with Crippen LogP contribution in [0, 0.1) is 0 Å². The Morgan fingerprint density at radius 1 is 1.11 bits per heavy atom. The summed E-state index contributed by atoms with van der Waals surface area (Å²) in [5.74, 6) is -0.0300. The van der Waals surface area contributed by atoms with Crippen LogP contribution in [0.3, 0.4) is 0 Å². The first-order chi connectivity index (χ1) is 13.0. The van der Waals surface area contributed by atoms with Crippen LogP contribution in [0.2, 0.25) is 5.02 Å². The number of benzene rings is 2. The summed E-state index contributed by atoms with van der Waals surface area (Å²) in [5, 5.41) is 0.600. The van der Waals surface area contributed by atoms with E-state index in [0.29, 0.717) is 18.2 Å². The number of hydrogen-bond donors (Lipinski definition) is 1. The molecule has 2 aromatic rings. The van der Waals surface area contributed by atoms with Gasteiger partial charge in [0.2, 0.25) is 10.0 Å². The van der Waals surface area contributed by atoms with Crippen molar-refractivity contribution < 1.29 is 13.2 Å². The smallest absolute Gasteiger partial charge is 0.215 e. The van der Waals surface area contributed by atoms with Gasteiger partial charge >= 0.3 is 0 Å². The summed E-state index contributed by atoms with van der Waals surface area (Å²) < 4.78 is 32.9. The van der Waals surface area contributed by atoms with E-state index in [-0.39, 0.29) is 11.9 Å². The first-order valence-corrected chi connectivity index (χ1v) is 11.2. The van der Waals surface area contributed by atoms with Crippen LogP contribution < -0.4 is 4.72 Å². The molecule has 7 heteroatoms. The standard InChI is InChI=1S/C20H25ClN2O3S/c21-19-9-7-17(8-10-19)16-27(24,25)22-11-4-12-23-13-14-26-20(15-23)18-5-2-1-3-6-18/h1-3,5-10,20,22H,4,11-16H2. The minimum absolute atomic E-state index is 0.0300. The Morgan fingerprint density at radius 3 is 2.59 bits per heavy atom. The molecule has 0 radical (unpaired) electrons. The molecule has 1 fully saturated rings. The first-order valence-electron chi connectivity index (χ1n) is 9.12. The zero-order chi connectivity index (χ0) is 19.1. The fourth-order valence-electron chi connectivity index (χ4n) is 3.16. The summed E-state index contributed by atoms with van der Waals surface area (Å²) in [6, 6.07) is 17.1. The predicted octanol–water partition coefficient (Wildman–Crippen LogP) is 3.22. The van der Waals surface area contributed by atoms with Crippen LogP contribution in [-0.2, 0) is 20.5 Å². The van der Waals surface area contributed by atoms with E-state index < -0.39 is 10.0 Å². The molecule has 0 amide bonds. The van der Waals surface area contributed by atoms with Gasteiger partial charge in [-0.15, -0.1) is 0 Å². The highest BCUT2D eigenvalue weighted by atomic mass is 35.5. The van der Waals surface area contributed by atoms with Gasteiger partial charge in [-0.05, 0) is 36.2 Å². The lowest BCUT2D eigenvalue weighted by molar-refractivity contribution is -0.0300. The van der Waals surface area contributed by atoms with Crippen LogP contribution in [-0.4, -0.2) is 46.1 Å². The number of ether oxygens (including phenoxy) is 1. The normalized spacial score (nSPS) is 18.5. The lowest BCUT2D eigenvalue weighted by Gasteiger charge is -2.33. The predicted molar refractivity (Wildman–Crippen MR) is 108 cm³/mol. The van der Waals surface area contributed by atoms with Gasteiger partial charge in [0.15, 0.2) is 0 Å². The third-order valence-electron chi connectivity index (χ3n) is 4.56. The van der Waals surface area contributed by atoms with E-state index in [0.717, 1.165) is 31.6 Å². The van der Waals surface area contributed by atoms with Crippen molar-refractivity contribution in [3.63, 3.8) is 0 Å². The highest BCUT2D eigenvalue weighted by Gasteiger charge is 2.21. The van der Waals surface area contributed by atoms with Crippen molar-refractivity contribution in [1.82, 2.24) is 9.62 Å². The van der Waals surface area contributed by atoms with E-state index in [1.165, 1.54) is 5.56 Å². The molecule has 0 spiro atoms. The van der Waals surface area contributed by atoms with Crippen molar-refractivity contribution in [3.8, 4) is 0 Å². The number of rotatable bonds is 8. The van der Waals surface area contributed by atoms with Crippen molar-refractivity contribution in [1.29, 1.82) is 0 Å². The molecule has 146 valence electrons. The van der Waals surface area contributed by atoms with Gasteiger partial charge in [0.1, 0.15) is 0 Å². The Balaban J connectivity index is 1.41. The summed E-state index contributed by atoms with van der Waals surface area (Å²) in [5.41, 5.74) is 1.91. The van der Waals surface area contributed by atoms with Crippen molar-refractivity contribution in [2.45, 2.75) is 18.3 Å². The fraction of sp³-hybridized carbons (Fsp3) is 0.400. The summed E-state index contributed by atoms with van der Waals surface area (Å²) in [6.45, 7) is 3.68. The van der Waals surface area contributed by atoms with E-state index in [1.54, 1.807) is 24.3 Å². The highest BCUT2D eigenvalue weighted by Crippen LogP contribution is 2.21. The Hall–Kier alpha value is -1.44. The highest BCUT2D eigenvalue weighted by molar-refractivity contribution is 7.88. The van der Waals surface area contributed by atoms with Crippen molar-refractivity contribution in [3.05, 3.63) is 70.7 Å². The van der Waals surface area contributed by atoms with E-state index >= 15 is 0 Å². The molecule has 0 saturated carbocycles. The quantitative estimate of drug-likeness (QED) is 0.681. The van der Waals surface area contributed by atoms with Crippen molar-refractivity contribution >= 4 is 21.6 Å². The molecule has 5 nitrogen and oxygen atoms in total. The molecular weight excluding hydrogens is 384 g/mol. The van der Waals surface area contributed by atoms with Crippen LogP contribution in [0.15, 0.2) is 54.6 Å². The van der Waals surface area contributed by atoms with Gasteiger partial charge in [0.25, 0.3) is 0 Å². The third kappa shape index (κ3) is 6.59. The zero-order valence-electron chi connectivity index (χ0n) is 15.2. The average Bonchev–Trinajstić information content (AvgIpc) is 2.68. The third-order valence-corrected chi connectivity index (χ3v) is 6.17. The number of halogens is 1. The second-order valence-electron chi connectivity index (χ2n) is 6.70. The van der Waals surface area contributed by atoms with E-state index in [4.69, 9.17) is 16.3 Å². The second-order valence-corrected chi connectivity index (χ2v) is 8.95. The van der Waals surface area contributed by atoms with Crippen LogP contribution in [0.5, 0.6) is 0 Å². The number of hydrogen-bond acceptors (Lipinski definition) is 4. The Bertz CT molecular complexity index is 813. The Labute approximate surface area is 166 Å². The molecule has 0 bridgehead atoms. The topological polar surface area (TPSA) is 58.6 Å². The van der Waals surface area contributed by atoms with Crippen LogP contribution in [0.25, 0.3) is 0 Å². The van der Waals surface area contributed by atoms with Gasteiger partial charge in [-0.25, -0.2) is 13.1 Å². The molecule has 1 saturated heterocycles. The largest absolute Gasteiger partial charge is 0.371 e. The molecule has 1 unspecified atom stereocenters. The van der Waals surface area contributed by atoms with Crippen molar-refractivity contribution in [2.75, 3.05) is 32.8 Å². The maximum atomic E-state index is 12.2. The van der Waals surface area contributed by atoms with Gasteiger partial charge in [0.05, 0.1) is 18.5 Å². The van der Waals surface area contributed by atoms with Crippen molar-refractivity contribution in [2.24, 2.45) is 0 Å². The van der Waals surface area contributed by atoms with Gasteiger partial charge < -0.3 is 4.74 Å². The van der Waals surface area contributed by atoms with Gasteiger partial charge in [-0.3, -0.25) is 4.90 Å². The van der Waals surface area contributed by atoms with E-state index in [9.17, 15) is 8.42 Å². The molecule has 3 rings (SSSR count). The SMILES string of the molecule is O=S(=O)(Cc1ccc(Cl)cc1)NCCCN1CCOC(c2ccccc2)C1. The molecule has 1 heterocycles. The Morgan fingerprint density at radius 2 is 1.85 bits per heavy atom. The molecule has 0 aliphatic carbocycles. The summed E-state index contributed by atoms with van der Waals surface area (Å²) >= 11 is 5.83. The lowest BCUT2D eigenvalue weighted by atomic mass is 10.1. The number of nitrogens with one attached hydrogen (secondary N) is 1. The van der Waals surface area contributed by atoms with Gasteiger partial charge in [-0.1, -0.05) is 54.1 Å². The number of sulfonamides is 1. The monoisotopic (exact) mass is 408 g/mol. The minimum atomic E-state index is -3.34. The summed E-state index contributed by atoms with van der Waals surface area (Å²) in [7, 11) is -3.34. The molecule has 1 aliphatic heterocycles. The Kier molecular flexibility index (Phi) is 7.26. The lowest BCUT2D eigenvalue weighted by Crippen LogP contribution is -2.39. The molecule has 1 atom stereocenters. The molecule has 27 heavy (non-hydrogen) atoms. The van der Waals surface area contributed by atoms with Crippen LogP contribution in [0.4, 0.5) is 0 Å². The molecule has 0 aromatic heterocycles. The summed E-state index contributed by atoms with van der Waals surface area (Å²) in [6.07, 6.45) is 0.850. The first kappa shape index (κ1) is 20.3. The van der Waals surface area contributed by atoms with E-state index in [2.05, 4.69) is 21.8 Å². The van der Waals surface area contributed by atoms with Crippen LogP contribution in [0.1, 0.15) is 23.7 Å². The molecular formula is C20H25ClN2O3S. The number of morpholine rings is 1. The average molecular weight is 409 g/mol. The second kappa shape index (κ2) is 9.66. The minimum Gasteiger partial charge on any atom is -0.371 e. The number of nitrogens with zero attached hydrogens (tertiary/aromatic N) is 1. The fourth-order valence-corrected chi connectivity index (χ4v) is 4.47. The van der Waals surface area contributed by atoms with E-state index in [1.807, 2.05) is 18.2 Å². The van der Waals surface area contributed by atoms with Crippen LogP contribution >= 0.6 is 11.6 Å². The molecule has 1 N–H and O–H groups in total. The molecule has 1 aliphatic rings. The maximum absolute atomic E-state index is 12.2. The summed E-state index contributed by atoms with van der Waals surface area (Å²) in [4.78, 5) is 2.33. The maximum Gasteiger partial charge on any atom is 0.215 e. The van der Waals surface area contributed by atoms with Gasteiger partial charge in [-0.2, -0.15) is 0 Å². The molecule has 2 aromatic carbocycles. The zero-order valence-corrected chi connectivity index (χ0v) is 16.8.